The maximum Gasteiger partial charge on any atom is 0.160 e. The summed E-state index contributed by atoms with van der Waals surface area (Å²) in [5, 5.41) is 6.81. The van der Waals surface area contributed by atoms with Gasteiger partial charge in [0.2, 0.25) is 0 Å². The summed E-state index contributed by atoms with van der Waals surface area (Å²) in [6, 6.07) is 62.4. The third kappa shape index (κ3) is 4.25. The molecule has 8 aromatic carbocycles. The zero-order chi connectivity index (χ0) is 33.5. The Morgan fingerprint density at radius 2 is 0.980 bits per heavy atom. The normalized spacial score (nSPS) is 11.9. The van der Waals surface area contributed by atoms with E-state index in [1.807, 2.05) is 12.1 Å². The Morgan fingerprint density at radius 3 is 1.84 bits per heavy atom. The summed E-state index contributed by atoms with van der Waals surface area (Å²) in [6.45, 7) is 0. The van der Waals surface area contributed by atoms with Crippen molar-refractivity contribution in [1.82, 2.24) is 4.57 Å². The van der Waals surface area contributed by atoms with Gasteiger partial charge in [-0.05, 0) is 81.9 Å². The molecule has 0 N–H and O–H groups in total. The number of fused-ring (bicyclic) bond motifs is 10. The molecule has 0 aliphatic rings. The number of aromatic nitrogens is 1. The van der Waals surface area contributed by atoms with Crippen molar-refractivity contribution in [2.24, 2.45) is 0 Å². The highest BCUT2D eigenvalue weighted by atomic mass is 16.3. The smallest absolute Gasteiger partial charge is 0.160 e. The van der Waals surface area contributed by atoms with Gasteiger partial charge in [0.1, 0.15) is 16.7 Å². The van der Waals surface area contributed by atoms with Crippen LogP contribution in [0.2, 0.25) is 0 Å². The molecule has 0 unspecified atom stereocenters. The molecule has 0 fully saturated rings. The van der Waals surface area contributed by atoms with E-state index >= 15 is 0 Å². The van der Waals surface area contributed by atoms with Gasteiger partial charge in [0.25, 0.3) is 0 Å². The van der Waals surface area contributed by atoms with E-state index in [4.69, 9.17) is 8.83 Å². The van der Waals surface area contributed by atoms with Crippen molar-refractivity contribution in [2.75, 3.05) is 0 Å². The van der Waals surface area contributed by atoms with Gasteiger partial charge in [-0.15, -0.1) is 0 Å². The Kier molecular flexibility index (Phi) is 5.96. The minimum Gasteiger partial charge on any atom is -0.456 e. The molecule has 0 saturated carbocycles. The van der Waals surface area contributed by atoms with Gasteiger partial charge in [0.15, 0.2) is 5.58 Å². The molecule has 0 radical (unpaired) electrons. The second-order valence-corrected chi connectivity index (χ2v) is 13.3. The molecule has 0 aliphatic heterocycles. The van der Waals surface area contributed by atoms with Crippen molar-refractivity contribution in [3.05, 3.63) is 176 Å². The Hall–Kier alpha value is -6.84. The second kappa shape index (κ2) is 10.8. The summed E-state index contributed by atoms with van der Waals surface area (Å²) >= 11 is 0. The first-order valence-corrected chi connectivity index (χ1v) is 17.3. The van der Waals surface area contributed by atoms with Gasteiger partial charge in [0.05, 0.1) is 16.7 Å². The highest BCUT2D eigenvalue weighted by molar-refractivity contribution is 6.21. The van der Waals surface area contributed by atoms with Crippen LogP contribution >= 0.6 is 0 Å². The molecule has 11 aromatic rings. The van der Waals surface area contributed by atoms with Crippen molar-refractivity contribution in [3.8, 4) is 39.1 Å². The molecule has 0 bridgehead atoms. The molecule has 0 spiro atoms. The van der Waals surface area contributed by atoms with Crippen LogP contribution in [0.3, 0.4) is 0 Å². The van der Waals surface area contributed by atoms with Crippen molar-refractivity contribution >= 4 is 65.7 Å². The fourth-order valence-electron chi connectivity index (χ4n) is 8.07. The van der Waals surface area contributed by atoms with Crippen LogP contribution in [-0.2, 0) is 0 Å². The molecule has 11 rings (SSSR count). The number of hydrogen-bond acceptors (Lipinski definition) is 2. The minimum atomic E-state index is 0.851. The zero-order valence-electron chi connectivity index (χ0n) is 27.5. The fourth-order valence-corrected chi connectivity index (χ4v) is 8.07. The van der Waals surface area contributed by atoms with E-state index in [1.165, 1.54) is 33.0 Å². The molecule has 0 amide bonds. The van der Waals surface area contributed by atoms with Crippen molar-refractivity contribution in [3.63, 3.8) is 0 Å². The van der Waals surface area contributed by atoms with Crippen LogP contribution in [0, 0.1) is 0 Å². The van der Waals surface area contributed by atoms with E-state index in [9.17, 15) is 0 Å². The van der Waals surface area contributed by atoms with Crippen LogP contribution in [-0.4, -0.2) is 4.57 Å². The van der Waals surface area contributed by atoms with Crippen molar-refractivity contribution in [1.29, 1.82) is 0 Å². The lowest BCUT2D eigenvalue weighted by Crippen LogP contribution is -1.93. The SMILES string of the molecule is c1ccc(-c2cccc(-c3cccc(-c4cccc5oc6cc(-n7c8ccccc8c8ccc9c%10ccccc%10oc9c87)ccc6c45)c3)c2)cc1. The quantitative estimate of drug-likeness (QED) is 0.190. The third-order valence-electron chi connectivity index (χ3n) is 10.4. The molecule has 0 atom stereocenters. The molecule has 3 heteroatoms. The number of benzene rings is 8. The predicted molar refractivity (Wildman–Crippen MR) is 212 cm³/mol. The topological polar surface area (TPSA) is 31.2 Å². The van der Waals surface area contributed by atoms with Gasteiger partial charge in [-0.1, -0.05) is 121 Å². The second-order valence-electron chi connectivity index (χ2n) is 13.3. The Labute approximate surface area is 293 Å². The third-order valence-corrected chi connectivity index (χ3v) is 10.4. The van der Waals surface area contributed by atoms with E-state index < -0.39 is 0 Å². The van der Waals surface area contributed by atoms with E-state index in [-0.39, 0.29) is 0 Å². The molecule has 3 aromatic heterocycles. The molecule has 3 nitrogen and oxygen atoms in total. The minimum absolute atomic E-state index is 0.851. The summed E-state index contributed by atoms with van der Waals surface area (Å²) in [6.07, 6.45) is 0. The molecule has 3 heterocycles. The van der Waals surface area contributed by atoms with Crippen LogP contribution in [0.1, 0.15) is 0 Å². The van der Waals surface area contributed by atoms with Crippen LogP contribution in [0.25, 0.3) is 105 Å². The molecule has 0 aliphatic carbocycles. The molecular weight excluding hydrogens is 623 g/mol. The average molecular weight is 652 g/mol. The Balaban J connectivity index is 1.08. The largest absolute Gasteiger partial charge is 0.456 e. The average Bonchev–Trinajstić information content (AvgIpc) is 3.87. The van der Waals surface area contributed by atoms with Gasteiger partial charge >= 0.3 is 0 Å². The van der Waals surface area contributed by atoms with Crippen LogP contribution in [0.5, 0.6) is 0 Å². The maximum atomic E-state index is 6.66. The first kappa shape index (κ1) is 28.0. The highest BCUT2D eigenvalue weighted by Crippen LogP contribution is 2.42. The van der Waals surface area contributed by atoms with E-state index in [2.05, 4.69) is 168 Å². The fraction of sp³-hybridized carbons (Fsp3) is 0. The Bertz CT molecular complexity index is 3140. The Morgan fingerprint density at radius 1 is 0.353 bits per heavy atom. The van der Waals surface area contributed by atoms with Crippen LogP contribution in [0.15, 0.2) is 185 Å². The van der Waals surface area contributed by atoms with E-state index in [0.717, 1.165) is 71.7 Å². The zero-order valence-corrected chi connectivity index (χ0v) is 27.5. The monoisotopic (exact) mass is 651 g/mol. The van der Waals surface area contributed by atoms with Gasteiger partial charge < -0.3 is 13.4 Å². The van der Waals surface area contributed by atoms with Crippen molar-refractivity contribution in [2.45, 2.75) is 0 Å². The first-order valence-electron chi connectivity index (χ1n) is 17.3. The lowest BCUT2D eigenvalue weighted by atomic mass is 9.94. The lowest BCUT2D eigenvalue weighted by Gasteiger charge is -2.10. The number of nitrogens with zero attached hydrogens (tertiary/aromatic N) is 1. The number of para-hydroxylation sites is 2. The molecule has 238 valence electrons. The molecule has 51 heavy (non-hydrogen) atoms. The molecular formula is C48H29NO2. The summed E-state index contributed by atoms with van der Waals surface area (Å²) in [5.41, 5.74) is 13.8. The van der Waals surface area contributed by atoms with Crippen LogP contribution < -0.4 is 0 Å². The number of furan rings is 2. The summed E-state index contributed by atoms with van der Waals surface area (Å²) in [4.78, 5) is 0. The maximum absolute atomic E-state index is 6.66. The van der Waals surface area contributed by atoms with Crippen LogP contribution in [0.4, 0.5) is 0 Å². The molecule has 0 saturated heterocycles. The van der Waals surface area contributed by atoms with Gasteiger partial charge in [-0.25, -0.2) is 0 Å². The lowest BCUT2D eigenvalue weighted by molar-refractivity contribution is 0.668. The van der Waals surface area contributed by atoms with E-state index in [1.54, 1.807) is 0 Å². The predicted octanol–water partition coefficient (Wildman–Crippen LogP) is 13.6. The van der Waals surface area contributed by atoms with Gasteiger partial charge in [-0.3, -0.25) is 0 Å². The summed E-state index contributed by atoms with van der Waals surface area (Å²) in [7, 11) is 0. The number of hydrogen-bond donors (Lipinski definition) is 0. The summed E-state index contributed by atoms with van der Waals surface area (Å²) in [5.74, 6) is 0. The highest BCUT2D eigenvalue weighted by Gasteiger charge is 2.20. The van der Waals surface area contributed by atoms with Gasteiger partial charge in [-0.2, -0.15) is 0 Å². The number of rotatable bonds is 4. The van der Waals surface area contributed by atoms with Crippen molar-refractivity contribution < 1.29 is 8.83 Å². The standard InChI is InChI=1S/C48H29NO2/c1-2-11-30(12-3-1)31-13-8-14-32(27-31)33-15-9-16-34(28-33)36-19-10-22-44-46(36)41-24-23-35(29-45(41)50-44)49-42-20-6-4-17-37(42)39-25-26-40-38-18-5-7-21-43(38)51-48(40)47(39)49/h1-29H. The van der Waals surface area contributed by atoms with E-state index in [0.29, 0.717) is 0 Å². The summed E-state index contributed by atoms with van der Waals surface area (Å²) < 4.78 is 15.6. The van der Waals surface area contributed by atoms with Gasteiger partial charge in [0, 0.05) is 38.4 Å². The first-order chi connectivity index (χ1) is 25.3.